The SMILES string of the molecule is COc1ncc(-c2nc(N3CCOCC3)nc3c(CN4CCN(C5COC5)CC4)csc23)cc1NS(=O)O. The van der Waals surface area contributed by atoms with E-state index in [0.717, 1.165) is 61.8 Å². The number of hydrogen-bond acceptors (Lipinski definition) is 11. The van der Waals surface area contributed by atoms with Crippen LogP contribution in [-0.2, 0) is 27.3 Å². The number of morpholine rings is 1. The standard InChI is InChI=1S/C24H31N7O5S2/c1-34-23-19(28-38(32)33)10-16(11-25-23)20-22-21(27-24(26-20)31-6-8-35-9-7-31)17(15-37-22)12-29-2-4-30(5-3-29)18-13-36-14-18/h10-11,15,18,28H,2-9,12-14H2,1H3,(H,32,33). The van der Waals surface area contributed by atoms with Gasteiger partial charge in [-0.3, -0.25) is 19.1 Å². The first kappa shape index (κ1) is 25.8. The van der Waals surface area contributed by atoms with Crippen molar-refractivity contribution in [2.24, 2.45) is 0 Å². The van der Waals surface area contributed by atoms with Crippen LogP contribution in [0.1, 0.15) is 5.56 Å². The van der Waals surface area contributed by atoms with Crippen molar-refractivity contribution in [2.75, 3.05) is 82.4 Å². The molecule has 14 heteroatoms. The van der Waals surface area contributed by atoms with E-state index in [2.05, 4.69) is 29.8 Å². The molecular formula is C24H31N7O5S2. The van der Waals surface area contributed by atoms with Gasteiger partial charge in [0.15, 0.2) is 0 Å². The van der Waals surface area contributed by atoms with Crippen LogP contribution in [0, 0.1) is 0 Å². The van der Waals surface area contributed by atoms with Gasteiger partial charge in [0.2, 0.25) is 11.8 Å². The Bertz CT molecular complexity index is 1310. The molecular weight excluding hydrogens is 530 g/mol. The zero-order valence-electron chi connectivity index (χ0n) is 21.2. The molecule has 0 spiro atoms. The highest BCUT2D eigenvalue weighted by Crippen LogP contribution is 2.37. The molecule has 3 aromatic rings. The number of fused-ring (bicyclic) bond motifs is 1. The minimum atomic E-state index is -2.27. The maximum absolute atomic E-state index is 11.5. The fraction of sp³-hybridized carbons (Fsp3) is 0.542. The van der Waals surface area contributed by atoms with Gasteiger partial charge in [-0.1, -0.05) is 0 Å². The highest BCUT2D eigenvalue weighted by molar-refractivity contribution is 7.80. The van der Waals surface area contributed by atoms with E-state index < -0.39 is 11.3 Å². The summed E-state index contributed by atoms with van der Waals surface area (Å²) in [5, 5.41) is 2.18. The summed E-state index contributed by atoms with van der Waals surface area (Å²) in [7, 11) is 1.47. The molecule has 0 amide bonds. The molecule has 204 valence electrons. The average Bonchev–Trinajstić information content (AvgIpc) is 3.31. The molecule has 12 nitrogen and oxygen atoms in total. The Labute approximate surface area is 227 Å². The third-order valence-electron chi connectivity index (χ3n) is 7.22. The summed E-state index contributed by atoms with van der Waals surface area (Å²) in [4.78, 5) is 21.5. The predicted octanol–water partition coefficient (Wildman–Crippen LogP) is 1.66. The Hall–Kier alpha value is -2.46. The molecule has 2 N–H and O–H groups in total. The van der Waals surface area contributed by atoms with Gasteiger partial charge in [-0.25, -0.2) is 19.2 Å². The number of nitrogens with zero attached hydrogens (tertiary/aromatic N) is 6. The van der Waals surface area contributed by atoms with Crippen LogP contribution in [0.3, 0.4) is 0 Å². The molecule has 38 heavy (non-hydrogen) atoms. The maximum Gasteiger partial charge on any atom is 0.259 e. The van der Waals surface area contributed by atoms with Gasteiger partial charge in [0, 0.05) is 63.1 Å². The first-order valence-electron chi connectivity index (χ1n) is 12.7. The molecule has 0 radical (unpaired) electrons. The van der Waals surface area contributed by atoms with Crippen molar-refractivity contribution >= 4 is 44.5 Å². The van der Waals surface area contributed by atoms with Gasteiger partial charge in [-0.05, 0) is 11.4 Å². The topological polar surface area (TPSA) is 125 Å². The number of hydrogen-bond donors (Lipinski definition) is 2. The smallest absolute Gasteiger partial charge is 0.259 e. The summed E-state index contributed by atoms with van der Waals surface area (Å²) in [6, 6.07) is 2.32. The second-order valence-electron chi connectivity index (χ2n) is 9.55. The van der Waals surface area contributed by atoms with Crippen molar-refractivity contribution < 1.29 is 23.0 Å². The normalized spacial score (nSPS) is 20.4. The van der Waals surface area contributed by atoms with E-state index in [1.807, 2.05) is 0 Å². The lowest BCUT2D eigenvalue weighted by atomic mass is 10.1. The van der Waals surface area contributed by atoms with Crippen molar-refractivity contribution in [1.29, 1.82) is 0 Å². The average molecular weight is 562 g/mol. The minimum absolute atomic E-state index is 0.231. The molecule has 3 aromatic heterocycles. The first-order valence-corrected chi connectivity index (χ1v) is 14.6. The quantitative estimate of drug-likeness (QED) is 0.390. The molecule has 3 aliphatic rings. The second-order valence-corrected chi connectivity index (χ2v) is 11.1. The molecule has 0 bridgehead atoms. The Morgan fingerprint density at radius 1 is 1.16 bits per heavy atom. The van der Waals surface area contributed by atoms with Crippen LogP contribution in [0.25, 0.3) is 21.5 Å². The van der Waals surface area contributed by atoms with Crippen molar-refractivity contribution in [3.05, 3.63) is 23.2 Å². The van der Waals surface area contributed by atoms with Crippen molar-refractivity contribution in [3.63, 3.8) is 0 Å². The van der Waals surface area contributed by atoms with E-state index >= 15 is 0 Å². The molecule has 1 unspecified atom stereocenters. The van der Waals surface area contributed by atoms with Gasteiger partial charge in [0.1, 0.15) is 5.69 Å². The van der Waals surface area contributed by atoms with Crippen LogP contribution in [0.4, 0.5) is 11.6 Å². The summed E-state index contributed by atoms with van der Waals surface area (Å²) >= 11 is -0.653. The van der Waals surface area contributed by atoms with Gasteiger partial charge in [-0.15, -0.1) is 11.3 Å². The third-order valence-corrected chi connectivity index (χ3v) is 8.64. The Kier molecular flexibility index (Phi) is 7.70. The van der Waals surface area contributed by atoms with Gasteiger partial charge >= 0.3 is 0 Å². The number of pyridine rings is 1. The molecule has 3 saturated heterocycles. The molecule has 6 rings (SSSR count). The van der Waals surface area contributed by atoms with Gasteiger partial charge < -0.3 is 19.1 Å². The summed E-state index contributed by atoms with van der Waals surface area (Å²) < 4.78 is 40.6. The Morgan fingerprint density at radius 2 is 1.95 bits per heavy atom. The molecule has 3 fully saturated rings. The van der Waals surface area contributed by atoms with Gasteiger partial charge in [0.05, 0.1) is 55.5 Å². The number of aromatic nitrogens is 3. The lowest BCUT2D eigenvalue weighted by Gasteiger charge is -2.42. The fourth-order valence-corrected chi connectivity index (χ4v) is 6.38. The molecule has 0 aromatic carbocycles. The Morgan fingerprint density at radius 3 is 2.63 bits per heavy atom. The molecule has 0 saturated carbocycles. The summed E-state index contributed by atoms with van der Waals surface area (Å²) in [6.07, 6.45) is 1.68. The zero-order chi connectivity index (χ0) is 26.1. The van der Waals surface area contributed by atoms with Crippen LogP contribution in [-0.4, -0.2) is 112 Å². The van der Waals surface area contributed by atoms with Crippen LogP contribution >= 0.6 is 11.3 Å². The number of ether oxygens (including phenoxy) is 3. The number of thiophene rings is 1. The van der Waals surface area contributed by atoms with Crippen LogP contribution in [0.15, 0.2) is 17.6 Å². The number of anilines is 2. The number of rotatable bonds is 8. The summed E-state index contributed by atoms with van der Waals surface area (Å²) in [5.41, 5.74) is 3.89. The Balaban J connectivity index is 1.34. The van der Waals surface area contributed by atoms with E-state index in [0.29, 0.717) is 49.5 Å². The first-order chi connectivity index (χ1) is 18.6. The van der Waals surface area contributed by atoms with Crippen LogP contribution in [0.5, 0.6) is 5.88 Å². The highest BCUT2D eigenvalue weighted by atomic mass is 32.2. The fourth-order valence-electron chi connectivity index (χ4n) is 5.04. The number of piperazine rings is 1. The van der Waals surface area contributed by atoms with Gasteiger partial charge in [-0.2, -0.15) is 0 Å². The maximum atomic E-state index is 11.5. The summed E-state index contributed by atoms with van der Waals surface area (Å²) in [6.45, 7) is 9.34. The van der Waals surface area contributed by atoms with E-state index in [1.165, 1.54) is 12.7 Å². The van der Waals surface area contributed by atoms with E-state index in [9.17, 15) is 8.76 Å². The van der Waals surface area contributed by atoms with Crippen LogP contribution in [0.2, 0.25) is 0 Å². The lowest BCUT2D eigenvalue weighted by Crippen LogP contribution is -2.56. The molecule has 3 aliphatic heterocycles. The van der Waals surface area contributed by atoms with E-state index in [4.69, 9.17) is 24.2 Å². The molecule has 0 aliphatic carbocycles. The van der Waals surface area contributed by atoms with E-state index in [-0.39, 0.29) is 5.88 Å². The second kappa shape index (κ2) is 11.3. The van der Waals surface area contributed by atoms with Gasteiger partial charge in [0.25, 0.3) is 11.3 Å². The monoisotopic (exact) mass is 561 g/mol. The van der Waals surface area contributed by atoms with Crippen molar-refractivity contribution in [1.82, 2.24) is 24.8 Å². The predicted molar refractivity (Wildman–Crippen MR) is 146 cm³/mol. The zero-order valence-corrected chi connectivity index (χ0v) is 22.8. The van der Waals surface area contributed by atoms with Crippen molar-refractivity contribution in [3.8, 4) is 17.1 Å². The highest BCUT2D eigenvalue weighted by Gasteiger charge is 2.29. The van der Waals surface area contributed by atoms with Crippen LogP contribution < -0.4 is 14.4 Å². The molecule has 6 heterocycles. The number of methoxy groups -OCH3 is 1. The lowest BCUT2D eigenvalue weighted by molar-refractivity contribution is -0.0773. The van der Waals surface area contributed by atoms with E-state index in [1.54, 1.807) is 23.6 Å². The summed E-state index contributed by atoms with van der Waals surface area (Å²) in [5.74, 6) is 0.885. The largest absolute Gasteiger partial charge is 0.480 e. The number of nitrogens with one attached hydrogen (secondary N) is 1. The minimum Gasteiger partial charge on any atom is -0.480 e. The third kappa shape index (κ3) is 5.34. The molecule has 1 atom stereocenters. The van der Waals surface area contributed by atoms with Crippen molar-refractivity contribution in [2.45, 2.75) is 12.6 Å².